The van der Waals surface area contributed by atoms with Crippen LogP contribution in [0, 0.1) is 6.92 Å². The molecule has 0 aliphatic heterocycles. The molecule has 0 radical (unpaired) electrons. The summed E-state index contributed by atoms with van der Waals surface area (Å²) in [6, 6.07) is 2.09. The summed E-state index contributed by atoms with van der Waals surface area (Å²) in [4.78, 5) is 4.28. The molecule has 0 fully saturated rings. The van der Waals surface area contributed by atoms with Crippen LogP contribution in [-0.4, -0.2) is 10.7 Å². The van der Waals surface area contributed by atoms with Crippen LogP contribution in [0.5, 0.6) is 0 Å². The minimum absolute atomic E-state index is 1.06. The average Bonchev–Trinajstić information content (AvgIpc) is 1.95. The summed E-state index contributed by atoms with van der Waals surface area (Å²) >= 11 is 5.22. The van der Waals surface area contributed by atoms with Gasteiger partial charge in [0.05, 0.1) is 4.47 Å². The van der Waals surface area contributed by atoms with Gasteiger partial charge in [-0.2, -0.15) is 0 Å². The van der Waals surface area contributed by atoms with Crippen molar-refractivity contribution >= 4 is 27.7 Å². The lowest BCUT2D eigenvalue weighted by Crippen LogP contribution is -1.83. The maximum atomic E-state index is 4.28. The zero-order chi connectivity index (χ0) is 8.27. The fraction of sp³-hybridized carbons (Fsp3) is 0.375. The van der Waals surface area contributed by atoms with Crippen molar-refractivity contribution in [2.75, 3.05) is 5.75 Å². The Labute approximate surface area is 79.7 Å². The Kier molecular flexibility index (Phi) is 3.40. The SMILES string of the molecule is CCSc1ncc(C)cc1Br. The van der Waals surface area contributed by atoms with E-state index in [4.69, 9.17) is 0 Å². The van der Waals surface area contributed by atoms with E-state index in [1.54, 1.807) is 11.8 Å². The van der Waals surface area contributed by atoms with E-state index in [-0.39, 0.29) is 0 Å². The monoisotopic (exact) mass is 231 g/mol. The zero-order valence-corrected chi connectivity index (χ0v) is 9.00. The lowest BCUT2D eigenvalue weighted by molar-refractivity contribution is 1.09. The van der Waals surface area contributed by atoms with Gasteiger partial charge in [0.15, 0.2) is 0 Å². The molecule has 1 aromatic heterocycles. The molecule has 0 N–H and O–H groups in total. The van der Waals surface area contributed by atoms with Gasteiger partial charge in [-0.05, 0) is 40.2 Å². The van der Waals surface area contributed by atoms with E-state index in [0.29, 0.717) is 0 Å². The highest BCUT2D eigenvalue weighted by Crippen LogP contribution is 2.25. The van der Waals surface area contributed by atoms with Gasteiger partial charge in [0.2, 0.25) is 0 Å². The molecule has 0 bridgehead atoms. The Morgan fingerprint density at radius 2 is 2.36 bits per heavy atom. The summed E-state index contributed by atoms with van der Waals surface area (Å²) in [7, 11) is 0. The molecule has 1 heterocycles. The number of halogens is 1. The van der Waals surface area contributed by atoms with Crippen molar-refractivity contribution in [3.63, 3.8) is 0 Å². The average molecular weight is 232 g/mol. The first-order valence-electron chi connectivity index (χ1n) is 3.49. The number of aryl methyl sites for hydroxylation is 1. The highest BCUT2D eigenvalue weighted by Gasteiger charge is 1.99. The smallest absolute Gasteiger partial charge is 0.110 e. The van der Waals surface area contributed by atoms with Crippen LogP contribution in [0.1, 0.15) is 12.5 Å². The predicted molar refractivity (Wildman–Crippen MR) is 53.1 cm³/mol. The van der Waals surface area contributed by atoms with Crippen molar-refractivity contribution in [2.24, 2.45) is 0 Å². The van der Waals surface area contributed by atoms with Crippen LogP contribution >= 0.6 is 27.7 Å². The summed E-state index contributed by atoms with van der Waals surface area (Å²) in [6.07, 6.45) is 1.89. The second-order valence-electron chi connectivity index (χ2n) is 2.23. The van der Waals surface area contributed by atoms with Gasteiger partial charge in [-0.15, -0.1) is 11.8 Å². The minimum atomic E-state index is 1.06. The molecule has 0 aliphatic rings. The van der Waals surface area contributed by atoms with E-state index < -0.39 is 0 Å². The molecular weight excluding hydrogens is 222 g/mol. The molecular formula is C8H10BrNS. The summed E-state index contributed by atoms with van der Waals surface area (Å²) in [5.41, 5.74) is 1.19. The topological polar surface area (TPSA) is 12.9 Å². The molecule has 0 spiro atoms. The lowest BCUT2D eigenvalue weighted by atomic mass is 10.3. The van der Waals surface area contributed by atoms with Gasteiger partial charge in [0.1, 0.15) is 5.03 Å². The highest BCUT2D eigenvalue weighted by atomic mass is 79.9. The quantitative estimate of drug-likeness (QED) is 0.726. The van der Waals surface area contributed by atoms with Crippen molar-refractivity contribution < 1.29 is 0 Å². The van der Waals surface area contributed by atoms with Gasteiger partial charge in [0, 0.05) is 6.20 Å². The molecule has 1 rings (SSSR count). The van der Waals surface area contributed by atoms with E-state index in [1.165, 1.54) is 5.56 Å². The molecule has 3 heteroatoms. The number of pyridine rings is 1. The molecule has 0 amide bonds. The number of aromatic nitrogens is 1. The molecule has 0 saturated carbocycles. The first-order chi connectivity index (χ1) is 5.24. The van der Waals surface area contributed by atoms with E-state index in [0.717, 1.165) is 15.3 Å². The predicted octanol–water partition coefficient (Wildman–Crippen LogP) is 3.26. The van der Waals surface area contributed by atoms with Crippen molar-refractivity contribution in [1.82, 2.24) is 4.98 Å². The Bertz CT molecular complexity index is 250. The van der Waals surface area contributed by atoms with Gasteiger partial charge in [-0.3, -0.25) is 0 Å². The number of thioether (sulfide) groups is 1. The Hall–Kier alpha value is -0.0200. The first-order valence-corrected chi connectivity index (χ1v) is 5.27. The molecule has 0 unspecified atom stereocenters. The number of nitrogens with zero attached hydrogens (tertiary/aromatic N) is 1. The van der Waals surface area contributed by atoms with Crippen molar-refractivity contribution in [2.45, 2.75) is 18.9 Å². The van der Waals surface area contributed by atoms with Crippen LogP contribution < -0.4 is 0 Å². The Morgan fingerprint density at radius 1 is 1.64 bits per heavy atom. The van der Waals surface area contributed by atoms with Crippen molar-refractivity contribution in [1.29, 1.82) is 0 Å². The highest BCUT2D eigenvalue weighted by molar-refractivity contribution is 9.10. The van der Waals surface area contributed by atoms with Crippen LogP contribution in [-0.2, 0) is 0 Å². The fourth-order valence-corrected chi connectivity index (χ4v) is 2.17. The van der Waals surface area contributed by atoms with Crippen LogP contribution in [0.2, 0.25) is 0 Å². The molecule has 1 nitrogen and oxygen atoms in total. The van der Waals surface area contributed by atoms with E-state index >= 15 is 0 Å². The lowest BCUT2D eigenvalue weighted by Gasteiger charge is -2.00. The third-order valence-corrected chi connectivity index (χ3v) is 2.98. The minimum Gasteiger partial charge on any atom is -0.248 e. The van der Waals surface area contributed by atoms with Crippen LogP contribution in [0.25, 0.3) is 0 Å². The molecule has 0 saturated heterocycles. The van der Waals surface area contributed by atoms with Gasteiger partial charge in [0.25, 0.3) is 0 Å². The third kappa shape index (κ3) is 2.49. The molecule has 1 aromatic rings. The van der Waals surface area contributed by atoms with E-state index in [9.17, 15) is 0 Å². The maximum Gasteiger partial charge on any atom is 0.110 e. The van der Waals surface area contributed by atoms with Gasteiger partial charge < -0.3 is 0 Å². The van der Waals surface area contributed by atoms with Gasteiger partial charge in [-0.1, -0.05) is 6.92 Å². The van der Waals surface area contributed by atoms with E-state index in [2.05, 4.69) is 33.9 Å². The molecule has 11 heavy (non-hydrogen) atoms. The third-order valence-electron chi connectivity index (χ3n) is 1.23. The number of rotatable bonds is 2. The van der Waals surface area contributed by atoms with Gasteiger partial charge >= 0.3 is 0 Å². The molecule has 0 aliphatic carbocycles. The molecule has 0 aromatic carbocycles. The Balaban J connectivity index is 2.90. The van der Waals surface area contributed by atoms with Gasteiger partial charge in [-0.25, -0.2) is 4.98 Å². The van der Waals surface area contributed by atoms with Crippen molar-refractivity contribution in [3.05, 3.63) is 22.3 Å². The first kappa shape index (κ1) is 9.07. The molecule has 60 valence electrons. The summed E-state index contributed by atoms with van der Waals surface area (Å²) in [5, 5.41) is 1.08. The second-order valence-corrected chi connectivity index (χ2v) is 4.34. The van der Waals surface area contributed by atoms with Crippen LogP contribution in [0.4, 0.5) is 0 Å². The standard InChI is InChI=1S/C8H10BrNS/c1-3-11-8-7(9)4-6(2)5-10-8/h4-5H,3H2,1-2H3. The van der Waals surface area contributed by atoms with E-state index in [1.807, 2.05) is 13.1 Å². The van der Waals surface area contributed by atoms with Crippen LogP contribution in [0.15, 0.2) is 21.8 Å². The fourth-order valence-electron chi connectivity index (χ4n) is 0.764. The summed E-state index contributed by atoms with van der Waals surface area (Å²) in [6.45, 7) is 4.16. The van der Waals surface area contributed by atoms with Crippen LogP contribution in [0.3, 0.4) is 0 Å². The zero-order valence-electron chi connectivity index (χ0n) is 6.60. The van der Waals surface area contributed by atoms with Crippen molar-refractivity contribution in [3.8, 4) is 0 Å². The second kappa shape index (κ2) is 4.12. The Morgan fingerprint density at radius 3 is 2.91 bits per heavy atom. The largest absolute Gasteiger partial charge is 0.248 e. The summed E-state index contributed by atoms with van der Waals surface area (Å²) < 4.78 is 1.10. The summed E-state index contributed by atoms with van der Waals surface area (Å²) in [5.74, 6) is 1.06. The molecule has 0 atom stereocenters. The normalized spacial score (nSPS) is 10.1. The number of hydrogen-bond donors (Lipinski definition) is 0. The number of hydrogen-bond acceptors (Lipinski definition) is 2. The maximum absolute atomic E-state index is 4.28.